The smallest absolute Gasteiger partial charge is 0.253 e. The van der Waals surface area contributed by atoms with Gasteiger partial charge in [0.05, 0.1) is 12.4 Å². The van der Waals surface area contributed by atoms with E-state index >= 15 is 0 Å². The Morgan fingerprint density at radius 1 is 0.893 bits per heavy atom. The second kappa shape index (κ2) is 8.89. The molecule has 28 heavy (non-hydrogen) atoms. The molecule has 1 aliphatic heterocycles. The fourth-order valence-corrected chi connectivity index (χ4v) is 3.99. The lowest BCUT2D eigenvalue weighted by Gasteiger charge is -2.35. The number of amides is 1. The lowest BCUT2D eigenvalue weighted by atomic mass is 10.2. The number of aromatic nitrogens is 2. The van der Waals surface area contributed by atoms with Gasteiger partial charge in [0.25, 0.3) is 5.91 Å². The van der Waals surface area contributed by atoms with E-state index in [1.165, 1.54) is 5.56 Å². The van der Waals surface area contributed by atoms with Crippen LogP contribution in [0.2, 0.25) is 0 Å². The van der Waals surface area contributed by atoms with Gasteiger partial charge in [-0.25, -0.2) is 4.98 Å². The third-order valence-corrected chi connectivity index (χ3v) is 5.71. The zero-order valence-corrected chi connectivity index (χ0v) is 16.4. The first-order valence-corrected chi connectivity index (χ1v) is 10.4. The highest BCUT2D eigenvalue weighted by atomic mass is 32.2. The molecule has 0 N–H and O–H groups in total. The van der Waals surface area contributed by atoms with Crippen LogP contribution < -0.4 is 4.90 Å². The van der Waals surface area contributed by atoms with E-state index < -0.39 is 0 Å². The number of carbonyl (C=O) groups excluding carboxylic acids is 1. The van der Waals surface area contributed by atoms with Crippen LogP contribution in [0.15, 0.2) is 78.1 Å². The van der Waals surface area contributed by atoms with Gasteiger partial charge in [-0.2, -0.15) is 0 Å². The molecular formula is C22H22N4OS. The van der Waals surface area contributed by atoms with Crippen molar-refractivity contribution in [3.05, 3.63) is 84.2 Å². The summed E-state index contributed by atoms with van der Waals surface area (Å²) in [5, 5.41) is 0.921. The number of hydrogen-bond donors (Lipinski definition) is 0. The van der Waals surface area contributed by atoms with Gasteiger partial charge in [-0.15, -0.1) is 11.8 Å². The highest BCUT2D eigenvalue weighted by Crippen LogP contribution is 2.23. The Bertz CT molecular complexity index is 912. The number of nitrogens with zero attached hydrogens (tertiary/aromatic N) is 4. The predicted octanol–water partition coefficient (Wildman–Crippen LogP) is 3.73. The molecule has 0 aliphatic carbocycles. The van der Waals surface area contributed by atoms with Gasteiger partial charge in [-0.1, -0.05) is 48.5 Å². The maximum atomic E-state index is 12.6. The van der Waals surface area contributed by atoms with Crippen molar-refractivity contribution in [2.75, 3.05) is 31.1 Å². The van der Waals surface area contributed by atoms with Crippen LogP contribution in [0.4, 0.5) is 5.82 Å². The minimum atomic E-state index is 0.0958. The first kappa shape index (κ1) is 18.5. The third-order valence-electron chi connectivity index (χ3n) is 4.74. The summed E-state index contributed by atoms with van der Waals surface area (Å²) in [7, 11) is 0. The third kappa shape index (κ3) is 4.51. The minimum Gasteiger partial charge on any atom is -0.352 e. The lowest BCUT2D eigenvalue weighted by molar-refractivity contribution is 0.0746. The highest BCUT2D eigenvalue weighted by molar-refractivity contribution is 7.98. The van der Waals surface area contributed by atoms with Crippen molar-refractivity contribution in [2.24, 2.45) is 0 Å². The number of thioether (sulfide) groups is 1. The number of rotatable bonds is 5. The fraction of sp³-hybridized carbons (Fsp3) is 0.227. The quantitative estimate of drug-likeness (QED) is 0.621. The predicted molar refractivity (Wildman–Crippen MR) is 113 cm³/mol. The number of anilines is 1. The summed E-state index contributed by atoms with van der Waals surface area (Å²) in [5.41, 5.74) is 2.02. The van der Waals surface area contributed by atoms with Crippen LogP contribution in [0.1, 0.15) is 15.9 Å². The molecule has 0 unspecified atom stereocenters. The molecule has 0 radical (unpaired) electrons. The summed E-state index contributed by atoms with van der Waals surface area (Å²) in [6.07, 6.45) is 3.62. The monoisotopic (exact) mass is 390 g/mol. The standard InChI is InChI=1S/C22H22N4OS/c27-22(19-9-5-2-6-10-19)26-13-11-25(12-14-26)20-15-23-16-21(24-20)28-17-18-7-3-1-4-8-18/h1-10,15-16H,11-14,17H2. The van der Waals surface area contributed by atoms with Crippen LogP contribution in [0.3, 0.4) is 0 Å². The summed E-state index contributed by atoms with van der Waals surface area (Å²) in [4.78, 5) is 25.8. The molecule has 1 amide bonds. The largest absolute Gasteiger partial charge is 0.352 e. The molecule has 1 saturated heterocycles. The van der Waals surface area contributed by atoms with Crippen LogP contribution >= 0.6 is 11.8 Å². The van der Waals surface area contributed by atoms with Gasteiger partial charge < -0.3 is 9.80 Å². The van der Waals surface area contributed by atoms with E-state index in [1.54, 1.807) is 18.0 Å². The molecule has 2 heterocycles. The van der Waals surface area contributed by atoms with E-state index in [0.29, 0.717) is 13.1 Å². The van der Waals surface area contributed by atoms with Crippen molar-refractivity contribution in [3.63, 3.8) is 0 Å². The SMILES string of the molecule is O=C(c1ccccc1)N1CCN(c2cncc(SCc3ccccc3)n2)CC1. The average Bonchev–Trinajstić information content (AvgIpc) is 2.79. The van der Waals surface area contributed by atoms with E-state index in [9.17, 15) is 4.79 Å². The molecule has 0 spiro atoms. The zero-order chi connectivity index (χ0) is 19.2. The van der Waals surface area contributed by atoms with Crippen LogP contribution in [-0.4, -0.2) is 47.0 Å². The summed E-state index contributed by atoms with van der Waals surface area (Å²) in [6.45, 7) is 2.91. The van der Waals surface area contributed by atoms with E-state index in [2.05, 4.69) is 22.0 Å². The number of benzene rings is 2. The Labute approximate surface area is 169 Å². The molecule has 0 atom stereocenters. The molecule has 1 aliphatic rings. The van der Waals surface area contributed by atoms with Gasteiger partial charge in [0, 0.05) is 37.5 Å². The lowest BCUT2D eigenvalue weighted by Crippen LogP contribution is -2.49. The van der Waals surface area contributed by atoms with E-state index in [-0.39, 0.29) is 5.91 Å². The second-order valence-electron chi connectivity index (χ2n) is 6.64. The van der Waals surface area contributed by atoms with Crippen LogP contribution in [-0.2, 0) is 5.75 Å². The normalized spacial score (nSPS) is 14.1. The van der Waals surface area contributed by atoms with E-state index in [1.807, 2.05) is 59.6 Å². The zero-order valence-electron chi connectivity index (χ0n) is 15.6. The maximum Gasteiger partial charge on any atom is 0.253 e. The van der Waals surface area contributed by atoms with Crippen LogP contribution in [0.25, 0.3) is 0 Å². The average molecular weight is 391 g/mol. The molecule has 6 heteroatoms. The molecule has 0 saturated carbocycles. The molecule has 1 aromatic heterocycles. The summed E-state index contributed by atoms with van der Waals surface area (Å²) < 4.78 is 0. The molecule has 5 nitrogen and oxygen atoms in total. The van der Waals surface area contributed by atoms with Gasteiger partial charge >= 0.3 is 0 Å². The topological polar surface area (TPSA) is 49.3 Å². The molecule has 2 aromatic carbocycles. The van der Waals surface area contributed by atoms with Crippen molar-refractivity contribution in [2.45, 2.75) is 10.8 Å². The number of piperazine rings is 1. The fourth-order valence-electron chi connectivity index (χ4n) is 3.19. The Hall–Kier alpha value is -2.86. The van der Waals surface area contributed by atoms with Crippen molar-refractivity contribution >= 4 is 23.5 Å². The van der Waals surface area contributed by atoms with Crippen LogP contribution in [0.5, 0.6) is 0 Å². The highest BCUT2D eigenvalue weighted by Gasteiger charge is 2.23. The maximum absolute atomic E-state index is 12.6. The molecule has 1 fully saturated rings. The van der Waals surface area contributed by atoms with Gasteiger partial charge in [0.1, 0.15) is 10.8 Å². The Kier molecular flexibility index (Phi) is 5.87. The Morgan fingerprint density at radius 3 is 2.29 bits per heavy atom. The van der Waals surface area contributed by atoms with Crippen molar-refractivity contribution in [1.82, 2.24) is 14.9 Å². The van der Waals surface area contributed by atoms with Gasteiger partial charge in [0.15, 0.2) is 0 Å². The number of hydrogen-bond acceptors (Lipinski definition) is 5. The summed E-state index contributed by atoms with van der Waals surface area (Å²) >= 11 is 1.69. The molecule has 3 aromatic rings. The Balaban J connectivity index is 1.35. The summed E-state index contributed by atoms with van der Waals surface area (Å²) in [6, 6.07) is 19.8. The van der Waals surface area contributed by atoms with Crippen LogP contribution in [0, 0.1) is 0 Å². The van der Waals surface area contributed by atoms with Crippen molar-refractivity contribution in [1.29, 1.82) is 0 Å². The second-order valence-corrected chi connectivity index (χ2v) is 7.63. The first-order chi connectivity index (χ1) is 13.8. The van der Waals surface area contributed by atoms with Gasteiger partial charge in [-0.3, -0.25) is 9.78 Å². The van der Waals surface area contributed by atoms with Gasteiger partial charge in [0.2, 0.25) is 0 Å². The van der Waals surface area contributed by atoms with E-state index in [0.717, 1.165) is 35.2 Å². The minimum absolute atomic E-state index is 0.0958. The Morgan fingerprint density at radius 2 is 1.57 bits per heavy atom. The number of carbonyl (C=O) groups is 1. The van der Waals surface area contributed by atoms with Crippen molar-refractivity contribution in [3.8, 4) is 0 Å². The molecule has 142 valence electrons. The molecule has 0 bridgehead atoms. The van der Waals surface area contributed by atoms with Crippen molar-refractivity contribution < 1.29 is 4.79 Å². The first-order valence-electron chi connectivity index (χ1n) is 9.37. The summed E-state index contributed by atoms with van der Waals surface area (Å²) in [5.74, 6) is 1.85. The van der Waals surface area contributed by atoms with Gasteiger partial charge in [-0.05, 0) is 17.7 Å². The molecular weight excluding hydrogens is 368 g/mol. The molecule has 4 rings (SSSR count). The van der Waals surface area contributed by atoms with E-state index in [4.69, 9.17) is 4.98 Å².